The molecule has 0 aliphatic heterocycles. The third-order valence-corrected chi connectivity index (χ3v) is 4.49. The highest BCUT2D eigenvalue weighted by atomic mass is 32.2. The van der Waals surface area contributed by atoms with Gasteiger partial charge in [-0.3, -0.25) is 14.2 Å². The number of rotatable bonds is 6. The van der Waals surface area contributed by atoms with Gasteiger partial charge < -0.3 is 5.32 Å². The Morgan fingerprint density at radius 3 is 2.68 bits per heavy atom. The van der Waals surface area contributed by atoms with E-state index >= 15 is 0 Å². The number of hydrogen-bond donors (Lipinski definition) is 2. The summed E-state index contributed by atoms with van der Waals surface area (Å²) < 4.78 is 13.6. The van der Waals surface area contributed by atoms with Crippen molar-refractivity contribution in [2.45, 2.75) is 18.2 Å². The van der Waals surface area contributed by atoms with Gasteiger partial charge in [0.1, 0.15) is 5.82 Å². The first-order valence-corrected chi connectivity index (χ1v) is 8.43. The van der Waals surface area contributed by atoms with Crippen molar-refractivity contribution in [3.63, 3.8) is 0 Å². The van der Waals surface area contributed by atoms with E-state index in [-0.39, 0.29) is 6.03 Å². The van der Waals surface area contributed by atoms with Crippen molar-refractivity contribution < 1.29 is 9.00 Å². The Hall–Kier alpha value is -2.15. The van der Waals surface area contributed by atoms with Gasteiger partial charge in [0.05, 0.1) is 16.5 Å². The average molecular weight is 320 g/mol. The van der Waals surface area contributed by atoms with E-state index in [1.54, 1.807) is 11.7 Å². The van der Waals surface area contributed by atoms with Gasteiger partial charge in [0.15, 0.2) is 0 Å². The molecule has 22 heavy (non-hydrogen) atoms. The molecule has 0 saturated carbocycles. The zero-order valence-corrected chi connectivity index (χ0v) is 13.5. The number of carbonyl (C=O) groups excluding carboxylic acids is 1. The first-order valence-electron chi connectivity index (χ1n) is 7.11. The fraction of sp³-hybridized carbons (Fsp3) is 0.333. The third-order valence-electron chi connectivity index (χ3n) is 3.11. The number of benzene rings is 1. The maximum Gasteiger partial charge on any atom is 0.320 e. The largest absolute Gasteiger partial charge is 0.337 e. The Bertz CT molecular complexity index is 655. The molecule has 0 unspecified atom stereocenters. The van der Waals surface area contributed by atoms with Crippen LogP contribution in [0.2, 0.25) is 0 Å². The van der Waals surface area contributed by atoms with Gasteiger partial charge >= 0.3 is 6.03 Å². The Morgan fingerprint density at radius 2 is 2.05 bits per heavy atom. The van der Waals surface area contributed by atoms with Crippen LogP contribution in [0.25, 0.3) is 0 Å². The predicted octanol–water partition coefficient (Wildman–Crippen LogP) is 1.91. The second kappa shape index (κ2) is 7.74. The van der Waals surface area contributed by atoms with E-state index in [0.29, 0.717) is 18.1 Å². The number of amides is 2. The molecule has 1 aromatic heterocycles. The molecule has 0 aliphatic rings. The highest BCUT2D eigenvalue weighted by Crippen LogP contribution is 2.09. The SMILES string of the molecule is CCc1cc(NC(=O)NCC[S@@](=O)c2ccccc2)n(C)n1. The van der Waals surface area contributed by atoms with Gasteiger partial charge in [0.2, 0.25) is 0 Å². The molecule has 0 spiro atoms. The highest BCUT2D eigenvalue weighted by Gasteiger charge is 2.08. The summed E-state index contributed by atoms with van der Waals surface area (Å²) in [5, 5.41) is 9.69. The molecule has 118 valence electrons. The minimum Gasteiger partial charge on any atom is -0.337 e. The number of nitrogens with zero attached hydrogens (tertiary/aromatic N) is 2. The van der Waals surface area contributed by atoms with Gasteiger partial charge in [-0.2, -0.15) is 5.10 Å². The van der Waals surface area contributed by atoms with Gasteiger partial charge in [0.25, 0.3) is 0 Å². The van der Waals surface area contributed by atoms with Crippen molar-refractivity contribution >= 4 is 22.6 Å². The average Bonchev–Trinajstić information content (AvgIpc) is 2.88. The topological polar surface area (TPSA) is 76.0 Å². The lowest BCUT2D eigenvalue weighted by Crippen LogP contribution is -2.32. The van der Waals surface area contributed by atoms with E-state index in [2.05, 4.69) is 15.7 Å². The van der Waals surface area contributed by atoms with Crippen molar-refractivity contribution in [1.29, 1.82) is 0 Å². The molecular formula is C15H20N4O2S. The smallest absolute Gasteiger partial charge is 0.320 e. The van der Waals surface area contributed by atoms with Crippen molar-refractivity contribution in [1.82, 2.24) is 15.1 Å². The van der Waals surface area contributed by atoms with Gasteiger partial charge in [0, 0.05) is 30.3 Å². The molecule has 0 radical (unpaired) electrons. The van der Waals surface area contributed by atoms with E-state index in [9.17, 15) is 9.00 Å². The molecule has 7 heteroatoms. The van der Waals surface area contributed by atoms with Crippen molar-refractivity contribution in [2.75, 3.05) is 17.6 Å². The van der Waals surface area contributed by atoms with Gasteiger partial charge in [-0.05, 0) is 18.6 Å². The minimum absolute atomic E-state index is 0.323. The van der Waals surface area contributed by atoms with Crippen LogP contribution < -0.4 is 10.6 Å². The maximum atomic E-state index is 12.0. The summed E-state index contributed by atoms with van der Waals surface area (Å²) in [5.41, 5.74) is 0.919. The zero-order chi connectivity index (χ0) is 15.9. The van der Waals surface area contributed by atoms with Crippen LogP contribution in [0.5, 0.6) is 0 Å². The second-order valence-electron chi connectivity index (χ2n) is 4.74. The van der Waals surface area contributed by atoms with Crippen LogP contribution in [0.3, 0.4) is 0 Å². The molecule has 0 bridgehead atoms. The Morgan fingerprint density at radius 1 is 1.32 bits per heavy atom. The first-order chi connectivity index (χ1) is 10.6. The first kappa shape index (κ1) is 16.2. The fourth-order valence-electron chi connectivity index (χ4n) is 1.92. The summed E-state index contributed by atoms with van der Waals surface area (Å²) >= 11 is 0. The maximum absolute atomic E-state index is 12.0. The molecule has 1 aromatic carbocycles. The monoisotopic (exact) mass is 320 g/mol. The summed E-state index contributed by atoms with van der Waals surface area (Å²) in [6.45, 7) is 2.34. The van der Waals surface area contributed by atoms with Crippen molar-refractivity contribution in [2.24, 2.45) is 7.05 Å². The van der Waals surface area contributed by atoms with Crippen molar-refractivity contribution in [3.8, 4) is 0 Å². The molecule has 1 heterocycles. The van der Waals surface area contributed by atoms with Crippen LogP contribution in [0.15, 0.2) is 41.3 Å². The molecule has 2 aromatic rings. The number of hydrogen-bond acceptors (Lipinski definition) is 3. The van der Waals surface area contributed by atoms with Crippen LogP contribution >= 0.6 is 0 Å². The number of carbonyl (C=O) groups is 1. The summed E-state index contributed by atoms with van der Waals surface area (Å²) in [7, 11) is 0.669. The summed E-state index contributed by atoms with van der Waals surface area (Å²) in [4.78, 5) is 12.6. The Balaban J connectivity index is 1.78. The molecule has 0 fully saturated rings. The molecule has 0 saturated heterocycles. The van der Waals surface area contributed by atoms with Gasteiger partial charge in [-0.15, -0.1) is 0 Å². The number of aromatic nitrogens is 2. The summed E-state index contributed by atoms with van der Waals surface area (Å²) in [6, 6.07) is 10.7. The quantitative estimate of drug-likeness (QED) is 0.853. The molecule has 2 rings (SSSR count). The van der Waals surface area contributed by atoms with E-state index in [1.807, 2.05) is 43.3 Å². The zero-order valence-electron chi connectivity index (χ0n) is 12.7. The molecular weight excluding hydrogens is 300 g/mol. The number of anilines is 1. The predicted molar refractivity (Wildman–Crippen MR) is 87.3 cm³/mol. The van der Waals surface area contributed by atoms with E-state index in [1.165, 1.54) is 0 Å². The lowest BCUT2D eigenvalue weighted by Gasteiger charge is -2.07. The minimum atomic E-state index is -1.11. The molecule has 1 atom stereocenters. The Kier molecular flexibility index (Phi) is 5.71. The van der Waals surface area contributed by atoms with E-state index in [4.69, 9.17) is 0 Å². The van der Waals surface area contributed by atoms with E-state index in [0.717, 1.165) is 17.0 Å². The van der Waals surface area contributed by atoms with Crippen LogP contribution in [0.4, 0.5) is 10.6 Å². The molecule has 2 N–H and O–H groups in total. The Labute approximate surface area is 132 Å². The number of nitrogens with one attached hydrogen (secondary N) is 2. The normalized spacial score (nSPS) is 11.9. The second-order valence-corrected chi connectivity index (χ2v) is 6.31. The van der Waals surface area contributed by atoms with Crippen LogP contribution in [0.1, 0.15) is 12.6 Å². The lowest BCUT2D eigenvalue weighted by molar-refractivity contribution is 0.252. The van der Waals surface area contributed by atoms with Gasteiger partial charge in [-0.25, -0.2) is 4.79 Å². The summed E-state index contributed by atoms with van der Waals surface area (Å²) in [6.07, 6.45) is 0.813. The van der Waals surface area contributed by atoms with Crippen LogP contribution in [-0.2, 0) is 24.3 Å². The molecule has 0 aliphatic carbocycles. The van der Waals surface area contributed by atoms with Crippen LogP contribution in [-0.4, -0.2) is 32.3 Å². The highest BCUT2D eigenvalue weighted by molar-refractivity contribution is 7.85. The molecule has 6 nitrogen and oxygen atoms in total. The van der Waals surface area contributed by atoms with Crippen molar-refractivity contribution in [3.05, 3.63) is 42.1 Å². The van der Waals surface area contributed by atoms with E-state index < -0.39 is 10.8 Å². The standard InChI is InChI=1S/C15H20N4O2S/c1-3-12-11-14(19(2)18-12)17-15(20)16-9-10-22(21)13-7-5-4-6-8-13/h4-8,11H,3,9-10H2,1-2H3,(H2,16,17,20)/t22-/m1/s1. The third kappa shape index (κ3) is 4.42. The number of urea groups is 1. The lowest BCUT2D eigenvalue weighted by atomic mass is 10.3. The molecule has 2 amide bonds. The number of aryl methyl sites for hydroxylation is 2. The fourth-order valence-corrected chi connectivity index (χ4v) is 2.91. The van der Waals surface area contributed by atoms with Gasteiger partial charge in [-0.1, -0.05) is 25.1 Å². The van der Waals surface area contributed by atoms with Crippen LogP contribution in [0, 0.1) is 0 Å². The summed E-state index contributed by atoms with van der Waals surface area (Å²) in [5.74, 6) is 1.02.